The highest BCUT2D eigenvalue weighted by Gasteiger charge is 2.13. The van der Waals surface area contributed by atoms with Gasteiger partial charge in [-0.15, -0.1) is 0 Å². The first-order chi connectivity index (χ1) is 8.50. The minimum absolute atomic E-state index is 0.493. The first-order valence-electron chi connectivity index (χ1n) is 6.18. The van der Waals surface area contributed by atoms with E-state index in [0.29, 0.717) is 30.3 Å². The Morgan fingerprint density at radius 2 is 1.94 bits per heavy atom. The van der Waals surface area contributed by atoms with Crippen molar-refractivity contribution >= 4 is 12.6 Å². The van der Waals surface area contributed by atoms with Crippen molar-refractivity contribution in [1.82, 2.24) is 0 Å². The zero-order valence-corrected chi connectivity index (χ0v) is 11.2. The van der Waals surface area contributed by atoms with Gasteiger partial charge in [0.1, 0.15) is 12.4 Å². The van der Waals surface area contributed by atoms with Gasteiger partial charge in [-0.2, -0.15) is 0 Å². The Bertz CT molecular complexity index is 366. The second-order valence-corrected chi connectivity index (χ2v) is 4.71. The maximum atomic E-state index is 9.09. The van der Waals surface area contributed by atoms with Crippen LogP contribution in [0.3, 0.4) is 0 Å². The van der Waals surface area contributed by atoms with E-state index in [4.69, 9.17) is 19.5 Å². The molecular weight excluding hydrogens is 231 g/mol. The molecule has 0 aliphatic rings. The normalized spacial score (nSPS) is 10.8. The van der Waals surface area contributed by atoms with E-state index in [-0.39, 0.29) is 0 Å². The molecule has 0 aromatic heterocycles. The van der Waals surface area contributed by atoms with Crippen LogP contribution in [0.2, 0.25) is 0 Å². The van der Waals surface area contributed by atoms with Crippen molar-refractivity contribution in [2.45, 2.75) is 20.8 Å². The molecule has 0 atom stereocenters. The SMILES string of the molecule is Cc1cc(OCCOCC(C)C)ccc1B(O)O. The molecule has 5 heteroatoms. The van der Waals surface area contributed by atoms with Crippen molar-refractivity contribution < 1.29 is 19.5 Å². The third-order valence-electron chi connectivity index (χ3n) is 2.47. The van der Waals surface area contributed by atoms with Crippen molar-refractivity contribution in [2.24, 2.45) is 5.92 Å². The van der Waals surface area contributed by atoms with Crippen molar-refractivity contribution in [3.8, 4) is 5.75 Å². The van der Waals surface area contributed by atoms with Gasteiger partial charge in [-0.1, -0.05) is 19.9 Å². The van der Waals surface area contributed by atoms with Gasteiger partial charge >= 0.3 is 7.12 Å². The molecular formula is C13H21BO4. The lowest BCUT2D eigenvalue weighted by Gasteiger charge is -2.10. The Kier molecular flexibility index (Phi) is 6.19. The maximum absolute atomic E-state index is 9.09. The molecule has 100 valence electrons. The number of benzene rings is 1. The fraction of sp³-hybridized carbons (Fsp3) is 0.538. The molecule has 4 nitrogen and oxygen atoms in total. The average molecular weight is 252 g/mol. The molecule has 2 N–H and O–H groups in total. The van der Waals surface area contributed by atoms with E-state index in [1.54, 1.807) is 18.2 Å². The summed E-state index contributed by atoms with van der Waals surface area (Å²) in [5.41, 5.74) is 1.30. The van der Waals surface area contributed by atoms with Crippen LogP contribution in [-0.2, 0) is 4.74 Å². The lowest BCUT2D eigenvalue weighted by molar-refractivity contribution is 0.0819. The fourth-order valence-electron chi connectivity index (χ4n) is 1.57. The molecule has 1 rings (SSSR count). The molecule has 0 fully saturated rings. The van der Waals surface area contributed by atoms with Gasteiger partial charge in [0, 0.05) is 6.61 Å². The molecule has 0 saturated heterocycles. The standard InChI is InChI=1S/C13H21BO4/c1-10(2)9-17-6-7-18-12-4-5-13(14(15)16)11(3)8-12/h4-5,8,10,15-16H,6-7,9H2,1-3H3. The van der Waals surface area contributed by atoms with Crippen LogP contribution in [-0.4, -0.2) is 37.0 Å². The van der Waals surface area contributed by atoms with Gasteiger partial charge in [-0.25, -0.2) is 0 Å². The summed E-state index contributed by atoms with van der Waals surface area (Å²) in [7, 11) is -1.44. The molecule has 0 heterocycles. The highest BCUT2D eigenvalue weighted by Crippen LogP contribution is 2.11. The number of hydrogen-bond donors (Lipinski definition) is 2. The van der Waals surface area contributed by atoms with E-state index >= 15 is 0 Å². The first kappa shape index (κ1) is 15.0. The molecule has 0 aliphatic carbocycles. The largest absolute Gasteiger partial charge is 0.491 e. The van der Waals surface area contributed by atoms with Crippen molar-refractivity contribution in [2.75, 3.05) is 19.8 Å². The van der Waals surface area contributed by atoms with E-state index < -0.39 is 7.12 Å². The summed E-state index contributed by atoms with van der Waals surface area (Å²) in [6.45, 7) is 7.80. The van der Waals surface area contributed by atoms with E-state index in [2.05, 4.69) is 13.8 Å². The Labute approximate surface area is 109 Å². The van der Waals surface area contributed by atoms with Crippen LogP contribution in [0.5, 0.6) is 5.75 Å². The number of aryl methyl sites for hydroxylation is 1. The molecule has 0 aliphatic heterocycles. The summed E-state index contributed by atoms with van der Waals surface area (Å²) in [5.74, 6) is 1.24. The van der Waals surface area contributed by atoms with Crippen LogP contribution in [0.25, 0.3) is 0 Å². The molecule has 1 aromatic rings. The van der Waals surface area contributed by atoms with Gasteiger partial charge in [0.25, 0.3) is 0 Å². The van der Waals surface area contributed by atoms with Crippen LogP contribution in [0.15, 0.2) is 18.2 Å². The predicted molar refractivity (Wildman–Crippen MR) is 72.2 cm³/mol. The van der Waals surface area contributed by atoms with E-state index in [1.807, 2.05) is 6.92 Å². The third kappa shape index (κ3) is 5.08. The zero-order valence-electron chi connectivity index (χ0n) is 11.2. The van der Waals surface area contributed by atoms with Crippen LogP contribution in [0.1, 0.15) is 19.4 Å². The number of ether oxygens (including phenoxy) is 2. The Morgan fingerprint density at radius 3 is 2.50 bits per heavy atom. The summed E-state index contributed by atoms with van der Waals surface area (Å²) in [4.78, 5) is 0. The molecule has 0 spiro atoms. The topological polar surface area (TPSA) is 58.9 Å². The van der Waals surface area contributed by atoms with Gasteiger partial charge in [-0.05, 0) is 36.0 Å². The zero-order chi connectivity index (χ0) is 13.5. The van der Waals surface area contributed by atoms with Gasteiger partial charge in [-0.3, -0.25) is 0 Å². The minimum atomic E-state index is -1.44. The quantitative estimate of drug-likeness (QED) is 0.554. The monoisotopic (exact) mass is 252 g/mol. The second kappa shape index (κ2) is 7.41. The van der Waals surface area contributed by atoms with Crippen molar-refractivity contribution in [3.05, 3.63) is 23.8 Å². The van der Waals surface area contributed by atoms with Gasteiger partial charge in [0.2, 0.25) is 0 Å². The molecule has 1 aromatic carbocycles. The smallest absolute Gasteiger partial charge is 0.488 e. The summed E-state index contributed by atoms with van der Waals surface area (Å²) < 4.78 is 10.9. The molecule has 0 unspecified atom stereocenters. The summed E-state index contributed by atoms with van der Waals surface area (Å²) in [5, 5.41) is 18.2. The highest BCUT2D eigenvalue weighted by atomic mass is 16.5. The molecule has 18 heavy (non-hydrogen) atoms. The first-order valence-corrected chi connectivity index (χ1v) is 6.18. The summed E-state index contributed by atoms with van der Waals surface area (Å²) >= 11 is 0. The summed E-state index contributed by atoms with van der Waals surface area (Å²) in [6, 6.07) is 5.17. The van der Waals surface area contributed by atoms with Crippen molar-refractivity contribution in [3.63, 3.8) is 0 Å². The Morgan fingerprint density at radius 1 is 1.22 bits per heavy atom. The van der Waals surface area contributed by atoms with E-state index in [1.165, 1.54) is 0 Å². The lowest BCUT2D eigenvalue weighted by atomic mass is 9.77. The van der Waals surface area contributed by atoms with Crippen LogP contribution >= 0.6 is 0 Å². The highest BCUT2D eigenvalue weighted by molar-refractivity contribution is 6.59. The van der Waals surface area contributed by atoms with Gasteiger partial charge in [0.15, 0.2) is 0 Å². The summed E-state index contributed by atoms with van der Waals surface area (Å²) in [6.07, 6.45) is 0. The van der Waals surface area contributed by atoms with Crippen LogP contribution in [0, 0.1) is 12.8 Å². The third-order valence-corrected chi connectivity index (χ3v) is 2.47. The fourth-order valence-corrected chi connectivity index (χ4v) is 1.57. The van der Waals surface area contributed by atoms with E-state index in [9.17, 15) is 0 Å². The lowest BCUT2D eigenvalue weighted by Crippen LogP contribution is -2.31. The van der Waals surface area contributed by atoms with Crippen LogP contribution in [0.4, 0.5) is 0 Å². The minimum Gasteiger partial charge on any atom is -0.491 e. The molecule has 0 bridgehead atoms. The van der Waals surface area contributed by atoms with E-state index in [0.717, 1.165) is 12.2 Å². The molecule has 0 amide bonds. The predicted octanol–water partition coefficient (Wildman–Crippen LogP) is 0.726. The average Bonchev–Trinajstić information content (AvgIpc) is 2.27. The Hall–Kier alpha value is -1.04. The van der Waals surface area contributed by atoms with Gasteiger partial charge in [0.05, 0.1) is 6.61 Å². The second-order valence-electron chi connectivity index (χ2n) is 4.71. The maximum Gasteiger partial charge on any atom is 0.488 e. The Balaban J connectivity index is 2.37. The van der Waals surface area contributed by atoms with Crippen LogP contribution < -0.4 is 10.2 Å². The number of hydrogen-bond acceptors (Lipinski definition) is 4. The molecule has 0 saturated carbocycles. The van der Waals surface area contributed by atoms with Crippen molar-refractivity contribution in [1.29, 1.82) is 0 Å². The number of rotatable bonds is 7. The molecule has 0 radical (unpaired) electrons. The van der Waals surface area contributed by atoms with Gasteiger partial charge < -0.3 is 19.5 Å².